The maximum atomic E-state index is 3.64. The van der Waals surface area contributed by atoms with Crippen molar-refractivity contribution in [2.24, 2.45) is 0 Å². The first-order valence-corrected chi connectivity index (χ1v) is 8.04. The van der Waals surface area contributed by atoms with Gasteiger partial charge in [-0.25, -0.2) is 0 Å². The molecule has 21 heavy (non-hydrogen) atoms. The highest BCUT2D eigenvalue weighted by atomic mass is 15.0. The lowest BCUT2D eigenvalue weighted by Crippen LogP contribution is -2.18. The van der Waals surface area contributed by atoms with Gasteiger partial charge in [0, 0.05) is 30.5 Å². The molecule has 0 bridgehead atoms. The van der Waals surface area contributed by atoms with Crippen LogP contribution in [0.15, 0.2) is 30.3 Å². The average molecular weight is 284 g/mol. The van der Waals surface area contributed by atoms with E-state index < -0.39 is 0 Å². The van der Waals surface area contributed by atoms with Crippen LogP contribution < -0.4 is 5.32 Å². The van der Waals surface area contributed by atoms with Crippen LogP contribution in [0.4, 0.5) is 0 Å². The van der Waals surface area contributed by atoms with Crippen molar-refractivity contribution in [1.82, 2.24) is 9.88 Å². The Balaban J connectivity index is 2.01. The Morgan fingerprint density at radius 2 is 1.76 bits per heavy atom. The molecule has 114 valence electrons. The van der Waals surface area contributed by atoms with Crippen molar-refractivity contribution in [3.63, 3.8) is 0 Å². The van der Waals surface area contributed by atoms with Gasteiger partial charge < -0.3 is 9.88 Å². The van der Waals surface area contributed by atoms with Crippen molar-refractivity contribution in [3.8, 4) is 0 Å². The molecule has 0 radical (unpaired) electrons. The number of hydrogen-bond donors (Lipinski definition) is 1. The first-order chi connectivity index (χ1) is 10.1. The number of hydrogen-bond acceptors (Lipinski definition) is 1. The highest BCUT2D eigenvalue weighted by Gasteiger charge is 2.10. The van der Waals surface area contributed by atoms with Crippen LogP contribution >= 0.6 is 0 Å². The van der Waals surface area contributed by atoms with E-state index in [0.717, 1.165) is 19.5 Å². The fraction of sp³-hybridized carbons (Fsp3) is 0.474. The van der Waals surface area contributed by atoms with E-state index in [0.29, 0.717) is 6.04 Å². The van der Waals surface area contributed by atoms with E-state index in [2.05, 4.69) is 74.8 Å². The molecule has 0 spiro atoms. The topological polar surface area (TPSA) is 17.0 Å². The predicted molar refractivity (Wildman–Crippen MR) is 90.7 cm³/mol. The van der Waals surface area contributed by atoms with Crippen molar-refractivity contribution >= 4 is 0 Å². The molecule has 1 atom stereocenters. The van der Waals surface area contributed by atoms with Crippen molar-refractivity contribution in [2.75, 3.05) is 0 Å². The number of aromatic nitrogens is 1. The van der Waals surface area contributed by atoms with Crippen LogP contribution in [0.2, 0.25) is 0 Å². The second kappa shape index (κ2) is 6.95. The van der Waals surface area contributed by atoms with Gasteiger partial charge in [-0.3, -0.25) is 0 Å². The normalized spacial score (nSPS) is 12.6. The molecule has 0 aliphatic heterocycles. The van der Waals surface area contributed by atoms with E-state index >= 15 is 0 Å². The van der Waals surface area contributed by atoms with Crippen LogP contribution in [0.25, 0.3) is 0 Å². The lowest BCUT2D eigenvalue weighted by Gasteiger charge is -2.15. The van der Waals surface area contributed by atoms with Gasteiger partial charge >= 0.3 is 0 Å². The van der Waals surface area contributed by atoms with Crippen molar-refractivity contribution < 1.29 is 0 Å². The van der Waals surface area contributed by atoms with Crippen molar-refractivity contribution in [1.29, 1.82) is 0 Å². The summed E-state index contributed by atoms with van der Waals surface area (Å²) in [5.41, 5.74) is 6.91. The molecule has 2 nitrogen and oxygen atoms in total. The van der Waals surface area contributed by atoms with Gasteiger partial charge in [-0.15, -0.1) is 0 Å². The molecule has 0 aliphatic carbocycles. The summed E-state index contributed by atoms with van der Waals surface area (Å²) in [6.07, 6.45) is 1.10. The molecule has 0 saturated heterocycles. The minimum absolute atomic E-state index is 0.376. The third kappa shape index (κ3) is 3.56. The Hall–Kier alpha value is -1.54. The van der Waals surface area contributed by atoms with Crippen LogP contribution in [0.5, 0.6) is 0 Å². The Labute approximate surface area is 129 Å². The largest absolute Gasteiger partial charge is 0.349 e. The smallest absolute Gasteiger partial charge is 0.0294 e. The Kier molecular flexibility index (Phi) is 5.24. The second-order valence-corrected chi connectivity index (χ2v) is 5.84. The third-order valence-corrected chi connectivity index (χ3v) is 4.48. The Morgan fingerprint density at radius 1 is 1.10 bits per heavy atom. The fourth-order valence-electron chi connectivity index (χ4n) is 2.96. The maximum absolute atomic E-state index is 3.64. The molecule has 1 aromatic heterocycles. The van der Waals surface area contributed by atoms with E-state index in [4.69, 9.17) is 0 Å². The van der Waals surface area contributed by atoms with E-state index in [1.165, 1.54) is 28.1 Å². The second-order valence-electron chi connectivity index (χ2n) is 5.84. The van der Waals surface area contributed by atoms with Gasteiger partial charge in [-0.2, -0.15) is 0 Å². The third-order valence-electron chi connectivity index (χ3n) is 4.48. The van der Waals surface area contributed by atoms with Crippen LogP contribution in [0.3, 0.4) is 0 Å². The van der Waals surface area contributed by atoms with Crippen LogP contribution in [0, 0.1) is 13.8 Å². The number of nitrogens with one attached hydrogen (secondary N) is 1. The summed E-state index contributed by atoms with van der Waals surface area (Å²) < 4.78 is 2.37. The van der Waals surface area contributed by atoms with E-state index in [-0.39, 0.29) is 0 Å². The molecular formula is C19H28N2. The van der Waals surface area contributed by atoms with E-state index in [1.807, 2.05) is 0 Å². The lowest BCUT2D eigenvalue weighted by molar-refractivity contribution is 0.571. The lowest BCUT2D eigenvalue weighted by atomic mass is 10.0. The number of rotatable bonds is 6. The summed E-state index contributed by atoms with van der Waals surface area (Å²) >= 11 is 0. The van der Waals surface area contributed by atoms with Gasteiger partial charge in [0.05, 0.1) is 0 Å². The first kappa shape index (κ1) is 15.8. The van der Waals surface area contributed by atoms with Gasteiger partial charge in [0.25, 0.3) is 0 Å². The summed E-state index contributed by atoms with van der Waals surface area (Å²) in [4.78, 5) is 0. The molecule has 1 heterocycles. The molecule has 0 amide bonds. The highest BCUT2D eigenvalue weighted by Crippen LogP contribution is 2.18. The zero-order chi connectivity index (χ0) is 15.4. The number of nitrogens with zero attached hydrogens (tertiary/aromatic N) is 1. The molecule has 2 rings (SSSR count). The maximum Gasteiger partial charge on any atom is 0.0294 e. The van der Waals surface area contributed by atoms with E-state index in [1.54, 1.807) is 0 Å². The van der Waals surface area contributed by atoms with Crippen LogP contribution in [-0.4, -0.2) is 4.57 Å². The van der Waals surface area contributed by atoms with Gasteiger partial charge in [-0.05, 0) is 56.9 Å². The van der Waals surface area contributed by atoms with Crippen molar-refractivity contribution in [3.05, 3.63) is 58.4 Å². The molecule has 1 unspecified atom stereocenters. The van der Waals surface area contributed by atoms with Crippen LogP contribution in [-0.2, 0) is 19.5 Å². The Morgan fingerprint density at radius 3 is 2.29 bits per heavy atom. The number of benzene rings is 1. The molecule has 1 aromatic carbocycles. The van der Waals surface area contributed by atoms with E-state index in [9.17, 15) is 0 Å². The molecule has 2 heteroatoms. The van der Waals surface area contributed by atoms with Crippen molar-refractivity contribution in [2.45, 2.75) is 60.2 Å². The first-order valence-electron chi connectivity index (χ1n) is 8.04. The van der Waals surface area contributed by atoms with Gasteiger partial charge in [0.15, 0.2) is 0 Å². The summed E-state index contributed by atoms with van der Waals surface area (Å²) in [7, 11) is 0. The standard InChI is InChI=1S/C19H28N2/c1-6-17-8-10-18(11-9-17)15(4)20-13-19-12-14(3)21(7-2)16(19)5/h8-12,15,20H,6-7,13H2,1-5H3. The summed E-state index contributed by atoms with van der Waals surface area (Å²) in [5.74, 6) is 0. The van der Waals surface area contributed by atoms with Gasteiger partial charge in [-0.1, -0.05) is 31.2 Å². The minimum Gasteiger partial charge on any atom is -0.349 e. The molecule has 0 saturated carbocycles. The zero-order valence-electron chi connectivity index (χ0n) is 14.0. The minimum atomic E-state index is 0.376. The summed E-state index contributed by atoms with van der Waals surface area (Å²) in [5, 5.41) is 3.64. The molecule has 2 aromatic rings. The SMILES string of the molecule is CCc1ccc(C(C)NCc2cc(C)n(CC)c2C)cc1. The van der Waals surface area contributed by atoms with Gasteiger partial charge in [0.1, 0.15) is 0 Å². The number of aryl methyl sites for hydroxylation is 2. The van der Waals surface area contributed by atoms with Crippen LogP contribution in [0.1, 0.15) is 54.9 Å². The fourth-order valence-corrected chi connectivity index (χ4v) is 2.96. The van der Waals surface area contributed by atoms with Gasteiger partial charge in [0.2, 0.25) is 0 Å². The molecule has 1 N–H and O–H groups in total. The quantitative estimate of drug-likeness (QED) is 0.824. The molecule has 0 fully saturated rings. The summed E-state index contributed by atoms with van der Waals surface area (Å²) in [6, 6.07) is 11.6. The predicted octanol–water partition coefficient (Wildman–Crippen LogP) is 4.54. The Bertz CT molecular complexity index is 578. The monoisotopic (exact) mass is 284 g/mol. The summed E-state index contributed by atoms with van der Waals surface area (Å²) in [6.45, 7) is 13.0. The highest BCUT2D eigenvalue weighted by molar-refractivity contribution is 5.28. The average Bonchev–Trinajstić information content (AvgIpc) is 2.78. The molecule has 0 aliphatic rings. The molecular weight excluding hydrogens is 256 g/mol. The zero-order valence-corrected chi connectivity index (χ0v) is 14.0.